The van der Waals surface area contributed by atoms with E-state index in [0.717, 1.165) is 17.4 Å². The van der Waals surface area contributed by atoms with Crippen LogP contribution in [0.4, 0.5) is 5.69 Å². The summed E-state index contributed by atoms with van der Waals surface area (Å²) in [5, 5.41) is 4.35. The predicted octanol–water partition coefficient (Wildman–Crippen LogP) is 4.29. The fourth-order valence-corrected chi connectivity index (χ4v) is 2.32. The van der Waals surface area contributed by atoms with E-state index in [4.69, 9.17) is 16.3 Å². The summed E-state index contributed by atoms with van der Waals surface area (Å²) in [5.41, 5.74) is 1.99. The van der Waals surface area contributed by atoms with Gasteiger partial charge in [0.25, 0.3) is 5.91 Å². The SMILES string of the molecule is O=C(COc1ccc(Cl)cc1)Nc1ccc(CCBr)cc1. The minimum atomic E-state index is -0.196. The Morgan fingerprint density at radius 3 is 2.38 bits per heavy atom. The lowest BCUT2D eigenvalue weighted by atomic mass is 10.1. The molecule has 3 nitrogen and oxygen atoms in total. The van der Waals surface area contributed by atoms with Gasteiger partial charge in [0.2, 0.25) is 0 Å². The zero-order valence-electron chi connectivity index (χ0n) is 11.3. The molecule has 1 amide bonds. The van der Waals surface area contributed by atoms with E-state index in [1.165, 1.54) is 5.56 Å². The highest BCUT2D eigenvalue weighted by Gasteiger charge is 2.04. The molecule has 2 rings (SSSR count). The lowest BCUT2D eigenvalue weighted by Crippen LogP contribution is -2.20. The van der Waals surface area contributed by atoms with Crippen LogP contribution >= 0.6 is 27.5 Å². The van der Waals surface area contributed by atoms with Gasteiger partial charge >= 0.3 is 0 Å². The Morgan fingerprint density at radius 1 is 1.10 bits per heavy atom. The molecule has 0 fully saturated rings. The van der Waals surface area contributed by atoms with Crippen LogP contribution in [0.25, 0.3) is 0 Å². The van der Waals surface area contributed by atoms with E-state index in [1.54, 1.807) is 24.3 Å². The van der Waals surface area contributed by atoms with E-state index in [2.05, 4.69) is 21.2 Å². The summed E-state index contributed by atoms with van der Waals surface area (Å²) >= 11 is 9.18. The highest BCUT2D eigenvalue weighted by atomic mass is 79.9. The molecule has 0 aliphatic carbocycles. The van der Waals surface area contributed by atoms with Gasteiger partial charge in [-0.1, -0.05) is 39.7 Å². The largest absolute Gasteiger partial charge is 0.484 e. The van der Waals surface area contributed by atoms with Crippen molar-refractivity contribution in [2.24, 2.45) is 0 Å². The van der Waals surface area contributed by atoms with Crippen molar-refractivity contribution in [2.45, 2.75) is 6.42 Å². The number of rotatable bonds is 6. The first-order chi connectivity index (χ1) is 10.2. The van der Waals surface area contributed by atoms with E-state index < -0.39 is 0 Å². The molecule has 5 heteroatoms. The Balaban J connectivity index is 1.82. The normalized spacial score (nSPS) is 10.2. The molecule has 0 aliphatic heterocycles. The lowest BCUT2D eigenvalue weighted by Gasteiger charge is -2.08. The number of ether oxygens (including phenoxy) is 1. The van der Waals surface area contributed by atoms with Gasteiger partial charge in [0.05, 0.1) is 0 Å². The van der Waals surface area contributed by atoms with E-state index >= 15 is 0 Å². The highest BCUT2D eigenvalue weighted by molar-refractivity contribution is 9.09. The van der Waals surface area contributed by atoms with E-state index in [0.29, 0.717) is 10.8 Å². The maximum absolute atomic E-state index is 11.8. The first-order valence-corrected chi connectivity index (χ1v) is 8.00. The average molecular weight is 369 g/mol. The van der Waals surface area contributed by atoms with Crippen LogP contribution in [0.5, 0.6) is 5.75 Å². The number of halogens is 2. The summed E-state index contributed by atoms with van der Waals surface area (Å²) in [4.78, 5) is 11.8. The molecule has 0 unspecified atom stereocenters. The van der Waals surface area contributed by atoms with Crippen LogP contribution in [-0.4, -0.2) is 17.8 Å². The van der Waals surface area contributed by atoms with Crippen molar-refractivity contribution in [3.63, 3.8) is 0 Å². The highest BCUT2D eigenvalue weighted by Crippen LogP contribution is 2.15. The molecule has 110 valence electrons. The first kappa shape index (κ1) is 15.9. The third kappa shape index (κ3) is 5.40. The molecule has 0 heterocycles. The number of aryl methyl sites for hydroxylation is 1. The lowest BCUT2D eigenvalue weighted by molar-refractivity contribution is -0.118. The summed E-state index contributed by atoms with van der Waals surface area (Å²) in [7, 11) is 0. The Kier molecular flexibility index (Phi) is 6.08. The monoisotopic (exact) mass is 367 g/mol. The molecule has 21 heavy (non-hydrogen) atoms. The Hall–Kier alpha value is -1.52. The molecule has 2 aromatic rings. The zero-order chi connectivity index (χ0) is 15.1. The van der Waals surface area contributed by atoms with Gasteiger partial charge in [-0.15, -0.1) is 0 Å². The second-order valence-corrected chi connectivity index (χ2v) is 5.66. The minimum Gasteiger partial charge on any atom is -0.484 e. The first-order valence-electron chi connectivity index (χ1n) is 6.50. The average Bonchev–Trinajstić information content (AvgIpc) is 2.49. The summed E-state index contributed by atoms with van der Waals surface area (Å²) in [6.45, 7) is -0.0369. The van der Waals surface area contributed by atoms with Gasteiger partial charge in [-0.05, 0) is 48.4 Å². The summed E-state index contributed by atoms with van der Waals surface area (Å²) in [5.74, 6) is 0.417. The second-order valence-electron chi connectivity index (χ2n) is 4.43. The smallest absolute Gasteiger partial charge is 0.262 e. The number of anilines is 1. The maximum Gasteiger partial charge on any atom is 0.262 e. The summed E-state index contributed by atoms with van der Waals surface area (Å²) in [6, 6.07) is 14.7. The third-order valence-corrected chi connectivity index (χ3v) is 3.45. The van der Waals surface area contributed by atoms with Crippen LogP contribution in [0, 0.1) is 0 Å². The fourth-order valence-electron chi connectivity index (χ4n) is 1.74. The number of hydrogen-bond donors (Lipinski definition) is 1. The van der Waals surface area contributed by atoms with Gasteiger partial charge in [0.15, 0.2) is 6.61 Å². The number of carbonyl (C=O) groups excluding carboxylic acids is 1. The second kappa shape index (κ2) is 8.05. The third-order valence-electron chi connectivity index (χ3n) is 2.80. The number of alkyl halides is 1. The Labute approximate surface area is 137 Å². The Bertz CT molecular complexity index is 584. The van der Waals surface area contributed by atoms with Crippen LogP contribution in [0.2, 0.25) is 5.02 Å². The number of carbonyl (C=O) groups is 1. The number of hydrogen-bond acceptors (Lipinski definition) is 2. The number of benzene rings is 2. The predicted molar refractivity (Wildman–Crippen MR) is 89.5 cm³/mol. The van der Waals surface area contributed by atoms with Gasteiger partial charge in [-0.2, -0.15) is 0 Å². The van der Waals surface area contributed by atoms with Crippen LogP contribution in [-0.2, 0) is 11.2 Å². The molecule has 0 spiro atoms. The molecular weight excluding hydrogens is 354 g/mol. The zero-order valence-corrected chi connectivity index (χ0v) is 13.7. The molecule has 0 aromatic heterocycles. The maximum atomic E-state index is 11.8. The van der Waals surface area contributed by atoms with Crippen LogP contribution < -0.4 is 10.1 Å². The van der Waals surface area contributed by atoms with Crippen molar-refractivity contribution < 1.29 is 9.53 Å². The molecule has 0 radical (unpaired) electrons. The molecule has 0 aliphatic rings. The minimum absolute atomic E-state index is 0.0369. The molecule has 0 bridgehead atoms. The van der Waals surface area contributed by atoms with Crippen LogP contribution in [0.1, 0.15) is 5.56 Å². The number of amides is 1. The van der Waals surface area contributed by atoms with Crippen molar-refractivity contribution in [1.82, 2.24) is 0 Å². The quantitative estimate of drug-likeness (QED) is 0.772. The van der Waals surface area contributed by atoms with Gasteiger partial charge < -0.3 is 10.1 Å². The molecule has 0 saturated heterocycles. The van der Waals surface area contributed by atoms with Crippen molar-refractivity contribution in [2.75, 3.05) is 17.3 Å². The van der Waals surface area contributed by atoms with Gasteiger partial charge in [0, 0.05) is 16.0 Å². The van der Waals surface area contributed by atoms with Crippen LogP contribution in [0.3, 0.4) is 0 Å². The van der Waals surface area contributed by atoms with Crippen molar-refractivity contribution >= 4 is 39.1 Å². The van der Waals surface area contributed by atoms with E-state index in [1.807, 2.05) is 24.3 Å². The topological polar surface area (TPSA) is 38.3 Å². The van der Waals surface area contributed by atoms with Crippen molar-refractivity contribution in [1.29, 1.82) is 0 Å². The molecule has 1 N–H and O–H groups in total. The number of nitrogens with one attached hydrogen (secondary N) is 1. The van der Waals surface area contributed by atoms with E-state index in [9.17, 15) is 4.79 Å². The van der Waals surface area contributed by atoms with Gasteiger partial charge in [-0.25, -0.2) is 0 Å². The summed E-state index contributed by atoms with van der Waals surface area (Å²) < 4.78 is 5.38. The van der Waals surface area contributed by atoms with Gasteiger partial charge in [0.1, 0.15) is 5.75 Å². The van der Waals surface area contributed by atoms with Crippen LogP contribution in [0.15, 0.2) is 48.5 Å². The molecule has 0 saturated carbocycles. The van der Waals surface area contributed by atoms with Crippen molar-refractivity contribution in [3.05, 3.63) is 59.1 Å². The summed E-state index contributed by atoms with van der Waals surface area (Å²) in [6.07, 6.45) is 0.966. The molecule has 0 atom stereocenters. The Morgan fingerprint density at radius 2 is 1.76 bits per heavy atom. The van der Waals surface area contributed by atoms with E-state index in [-0.39, 0.29) is 12.5 Å². The van der Waals surface area contributed by atoms with Gasteiger partial charge in [-0.3, -0.25) is 4.79 Å². The molecular formula is C16H15BrClNO2. The van der Waals surface area contributed by atoms with Crippen molar-refractivity contribution in [3.8, 4) is 5.75 Å². The standard InChI is InChI=1S/C16H15BrClNO2/c17-10-9-12-1-5-14(6-2-12)19-16(20)11-21-15-7-3-13(18)4-8-15/h1-8H,9-11H2,(H,19,20). The fraction of sp³-hybridized carbons (Fsp3) is 0.188. The molecule has 2 aromatic carbocycles.